The van der Waals surface area contributed by atoms with Gasteiger partial charge in [-0.25, -0.2) is 4.98 Å². The van der Waals surface area contributed by atoms with Gasteiger partial charge in [-0.05, 0) is 17.7 Å². The molecule has 0 aliphatic heterocycles. The maximum Gasteiger partial charge on any atom is 0.433 e. The maximum absolute atomic E-state index is 12.6. The third-order valence-corrected chi connectivity index (χ3v) is 2.99. The van der Waals surface area contributed by atoms with Crippen LogP contribution in [0.15, 0.2) is 30.5 Å². The SMILES string of the molecule is COCCOc1cc(-c2ccc(C(F)(F)F)nc2)cc(CN)n1. The van der Waals surface area contributed by atoms with Crippen LogP contribution in [0.2, 0.25) is 0 Å². The average Bonchev–Trinajstić information content (AvgIpc) is 2.54. The topological polar surface area (TPSA) is 70.3 Å². The molecule has 0 bridgehead atoms. The van der Waals surface area contributed by atoms with Crippen molar-refractivity contribution >= 4 is 0 Å². The Labute approximate surface area is 131 Å². The molecule has 0 unspecified atom stereocenters. The van der Waals surface area contributed by atoms with Gasteiger partial charge in [0.25, 0.3) is 0 Å². The number of nitrogens with two attached hydrogens (primary N) is 1. The molecule has 2 aromatic heterocycles. The number of halogens is 3. The molecule has 0 aromatic carbocycles. The van der Waals surface area contributed by atoms with Crippen molar-refractivity contribution in [2.75, 3.05) is 20.3 Å². The van der Waals surface area contributed by atoms with Crippen LogP contribution in [-0.2, 0) is 17.5 Å². The van der Waals surface area contributed by atoms with E-state index in [2.05, 4.69) is 9.97 Å². The van der Waals surface area contributed by atoms with Gasteiger partial charge in [0.15, 0.2) is 0 Å². The molecule has 2 aromatic rings. The van der Waals surface area contributed by atoms with Crippen LogP contribution in [0.4, 0.5) is 13.2 Å². The highest BCUT2D eigenvalue weighted by atomic mass is 19.4. The molecule has 8 heteroatoms. The summed E-state index contributed by atoms with van der Waals surface area (Å²) in [6.07, 6.45) is -3.30. The molecule has 2 heterocycles. The molecule has 0 saturated carbocycles. The van der Waals surface area contributed by atoms with Gasteiger partial charge in [-0.1, -0.05) is 6.07 Å². The summed E-state index contributed by atoms with van der Waals surface area (Å²) in [7, 11) is 1.55. The normalized spacial score (nSPS) is 11.5. The molecule has 0 amide bonds. The molecule has 0 radical (unpaired) electrons. The molecular weight excluding hydrogens is 311 g/mol. The van der Waals surface area contributed by atoms with Gasteiger partial charge in [0.05, 0.1) is 12.3 Å². The summed E-state index contributed by atoms with van der Waals surface area (Å²) in [6, 6.07) is 5.60. The first-order valence-corrected chi connectivity index (χ1v) is 6.80. The van der Waals surface area contributed by atoms with E-state index in [-0.39, 0.29) is 6.54 Å². The van der Waals surface area contributed by atoms with Gasteiger partial charge in [0.1, 0.15) is 12.3 Å². The van der Waals surface area contributed by atoms with Crippen LogP contribution in [0.5, 0.6) is 5.88 Å². The van der Waals surface area contributed by atoms with Gasteiger partial charge in [0, 0.05) is 31.5 Å². The van der Waals surface area contributed by atoms with E-state index >= 15 is 0 Å². The van der Waals surface area contributed by atoms with Gasteiger partial charge in [0.2, 0.25) is 5.88 Å². The minimum absolute atomic E-state index is 0.183. The fraction of sp³-hybridized carbons (Fsp3) is 0.333. The first kappa shape index (κ1) is 17.2. The first-order valence-electron chi connectivity index (χ1n) is 6.80. The zero-order chi connectivity index (χ0) is 16.9. The van der Waals surface area contributed by atoms with Crippen molar-refractivity contribution in [3.63, 3.8) is 0 Å². The predicted molar refractivity (Wildman–Crippen MR) is 77.7 cm³/mol. The highest BCUT2D eigenvalue weighted by Gasteiger charge is 2.32. The third kappa shape index (κ3) is 4.64. The first-order chi connectivity index (χ1) is 10.9. The monoisotopic (exact) mass is 327 g/mol. The molecule has 0 atom stereocenters. The number of alkyl halides is 3. The maximum atomic E-state index is 12.6. The average molecular weight is 327 g/mol. The number of pyridine rings is 2. The lowest BCUT2D eigenvalue weighted by atomic mass is 10.1. The highest BCUT2D eigenvalue weighted by Crippen LogP contribution is 2.29. The Hall–Kier alpha value is -2.19. The zero-order valence-electron chi connectivity index (χ0n) is 12.4. The van der Waals surface area contributed by atoms with Crippen molar-refractivity contribution in [2.45, 2.75) is 12.7 Å². The number of hydrogen-bond donors (Lipinski definition) is 1. The Balaban J connectivity index is 2.28. The third-order valence-electron chi connectivity index (χ3n) is 2.99. The molecule has 0 aliphatic carbocycles. The Kier molecular flexibility index (Phi) is 5.51. The van der Waals surface area contributed by atoms with Gasteiger partial charge in [-0.2, -0.15) is 13.2 Å². The number of nitrogens with zero attached hydrogens (tertiary/aromatic N) is 2. The number of methoxy groups -OCH3 is 1. The second-order valence-corrected chi connectivity index (χ2v) is 4.66. The second kappa shape index (κ2) is 7.38. The second-order valence-electron chi connectivity index (χ2n) is 4.66. The minimum Gasteiger partial charge on any atom is -0.475 e. The summed E-state index contributed by atoms with van der Waals surface area (Å²) in [5.74, 6) is 0.333. The van der Waals surface area contributed by atoms with Crippen molar-refractivity contribution in [3.8, 4) is 17.0 Å². The van der Waals surface area contributed by atoms with Gasteiger partial charge in [-0.3, -0.25) is 4.98 Å². The van der Waals surface area contributed by atoms with Crippen LogP contribution in [-0.4, -0.2) is 30.3 Å². The van der Waals surface area contributed by atoms with E-state index < -0.39 is 11.9 Å². The molecular formula is C15H16F3N3O2. The van der Waals surface area contributed by atoms with E-state index in [1.807, 2.05) is 0 Å². The largest absolute Gasteiger partial charge is 0.475 e. The van der Waals surface area contributed by atoms with Crippen LogP contribution in [0.3, 0.4) is 0 Å². The zero-order valence-corrected chi connectivity index (χ0v) is 12.4. The molecule has 0 saturated heterocycles. The smallest absolute Gasteiger partial charge is 0.433 e. The standard InChI is InChI=1S/C15H16F3N3O2/c1-22-4-5-23-14-7-11(6-12(8-19)21-14)10-2-3-13(20-9-10)15(16,17)18/h2-3,6-7,9H,4-5,8,19H2,1H3. The van der Waals surface area contributed by atoms with Crippen LogP contribution in [0, 0.1) is 0 Å². The van der Waals surface area contributed by atoms with Gasteiger partial charge in [-0.15, -0.1) is 0 Å². The van der Waals surface area contributed by atoms with Crippen molar-refractivity contribution in [3.05, 3.63) is 41.9 Å². The Morgan fingerprint density at radius 1 is 1.13 bits per heavy atom. The lowest BCUT2D eigenvalue weighted by Gasteiger charge is -2.10. The van der Waals surface area contributed by atoms with Crippen molar-refractivity contribution < 1.29 is 22.6 Å². The van der Waals surface area contributed by atoms with E-state index in [1.165, 1.54) is 6.07 Å². The number of aromatic nitrogens is 2. The molecule has 0 spiro atoms. The van der Waals surface area contributed by atoms with E-state index in [4.69, 9.17) is 15.2 Å². The van der Waals surface area contributed by atoms with Crippen LogP contribution in [0.1, 0.15) is 11.4 Å². The van der Waals surface area contributed by atoms with E-state index in [0.717, 1.165) is 12.3 Å². The summed E-state index contributed by atoms with van der Waals surface area (Å²) in [5, 5.41) is 0. The van der Waals surface area contributed by atoms with Crippen LogP contribution in [0.25, 0.3) is 11.1 Å². The molecule has 2 rings (SSSR count). The summed E-state index contributed by atoms with van der Waals surface area (Å²) >= 11 is 0. The van der Waals surface area contributed by atoms with Gasteiger partial charge < -0.3 is 15.2 Å². The highest BCUT2D eigenvalue weighted by molar-refractivity contribution is 5.64. The lowest BCUT2D eigenvalue weighted by molar-refractivity contribution is -0.141. The molecule has 0 aliphatic rings. The summed E-state index contributed by atoms with van der Waals surface area (Å²) in [4.78, 5) is 7.65. The van der Waals surface area contributed by atoms with E-state index in [9.17, 15) is 13.2 Å². The van der Waals surface area contributed by atoms with Crippen LogP contribution < -0.4 is 10.5 Å². The number of hydrogen-bond acceptors (Lipinski definition) is 5. The fourth-order valence-electron chi connectivity index (χ4n) is 1.87. The molecule has 124 valence electrons. The van der Waals surface area contributed by atoms with Crippen molar-refractivity contribution in [1.29, 1.82) is 0 Å². The number of ether oxygens (including phenoxy) is 2. The van der Waals surface area contributed by atoms with Crippen molar-refractivity contribution in [2.24, 2.45) is 5.73 Å². The Morgan fingerprint density at radius 2 is 1.91 bits per heavy atom. The molecule has 2 N–H and O–H groups in total. The molecule has 0 fully saturated rings. The number of rotatable bonds is 6. The van der Waals surface area contributed by atoms with Crippen molar-refractivity contribution in [1.82, 2.24) is 9.97 Å². The Morgan fingerprint density at radius 3 is 2.48 bits per heavy atom. The quantitative estimate of drug-likeness (QED) is 0.826. The molecule has 23 heavy (non-hydrogen) atoms. The summed E-state index contributed by atoms with van der Waals surface area (Å²) in [6.45, 7) is 0.885. The summed E-state index contributed by atoms with van der Waals surface area (Å²) in [5.41, 5.74) is 6.37. The predicted octanol–water partition coefficient (Wildman–Crippen LogP) is 2.65. The Bertz CT molecular complexity index is 645. The van der Waals surface area contributed by atoms with Gasteiger partial charge >= 0.3 is 6.18 Å². The minimum atomic E-state index is -4.46. The van der Waals surface area contributed by atoms with Crippen LogP contribution >= 0.6 is 0 Å². The van der Waals surface area contributed by atoms with E-state index in [1.54, 1.807) is 19.2 Å². The fourth-order valence-corrected chi connectivity index (χ4v) is 1.87. The molecule has 5 nitrogen and oxygen atoms in total. The lowest BCUT2D eigenvalue weighted by Crippen LogP contribution is -2.08. The van der Waals surface area contributed by atoms with E-state index in [0.29, 0.717) is 35.9 Å². The summed E-state index contributed by atoms with van der Waals surface area (Å²) < 4.78 is 48.0.